The summed E-state index contributed by atoms with van der Waals surface area (Å²) in [7, 11) is 5.57. The lowest BCUT2D eigenvalue weighted by Crippen LogP contribution is -2.47. The minimum Gasteiger partial charge on any atom is -0.375 e. The van der Waals surface area contributed by atoms with Crippen LogP contribution in [-0.4, -0.2) is 91.2 Å². The zero-order chi connectivity index (χ0) is 22.1. The maximum absolute atomic E-state index is 5.35. The monoisotopic (exact) mass is 574 g/mol. The third-order valence-corrected chi connectivity index (χ3v) is 6.44. The van der Waals surface area contributed by atoms with E-state index >= 15 is 0 Å². The molecule has 0 bridgehead atoms. The number of rotatable bonds is 9. The second-order valence-corrected chi connectivity index (χ2v) is 8.51. The molecule has 1 fully saturated rings. The summed E-state index contributed by atoms with van der Waals surface area (Å²) in [6.45, 7) is 8.72. The molecule has 3 rings (SSSR count). The Labute approximate surface area is 212 Å². The molecular weight excluding hydrogens is 539 g/mol. The van der Waals surface area contributed by atoms with Gasteiger partial charge >= 0.3 is 0 Å². The number of aromatic nitrogens is 3. The van der Waals surface area contributed by atoms with Crippen LogP contribution in [-0.2, 0) is 11.3 Å². The standard InChI is InChI=1S/C21H34N8OS.HI/c1-17(30-4)19-26-18(16-31-19)15-27(3)20(22-2)23-9-6-10-28-11-13-29(14-12-28)21-24-7-5-8-25-21;/h5,7-8,16-17H,6,9-15H2,1-4H3,(H,22,23);1H. The molecule has 1 aliphatic rings. The van der Waals surface area contributed by atoms with Crippen molar-refractivity contribution in [1.29, 1.82) is 0 Å². The molecule has 1 atom stereocenters. The number of aliphatic imine (C=N–C) groups is 1. The van der Waals surface area contributed by atoms with Crippen LogP contribution in [0.25, 0.3) is 0 Å². The van der Waals surface area contributed by atoms with E-state index in [0.717, 1.165) is 74.8 Å². The fraction of sp³-hybridized carbons (Fsp3) is 0.619. The Balaban J connectivity index is 0.00000363. The van der Waals surface area contributed by atoms with Gasteiger partial charge in [0.05, 0.1) is 12.2 Å². The summed E-state index contributed by atoms with van der Waals surface area (Å²) in [6.07, 6.45) is 4.71. The molecule has 1 unspecified atom stereocenters. The van der Waals surface area contributed by atoms with Gasteiger partial charge in [-0.3, -0.25) is 9.89 Å². The maximum atomic E-state index is 5.35. The van der Waals surface area contributed by atoms with Gasteiger partial charge < -0.3 is 19.9 Å². The summed E-state index contributed by atoms with van der Waals surface area (Å²) in [5, 5.41) is 6.57. The summed E-state index contributed by atoms with van der Waals surface area (Å²) < 4.78 is 5.35. The van der Waals surface area contributed by atoms with Crippen molar-refractivity contribution in [2.24, 2.45) is 4.99 Å². The van der Waals surface area contributed by atoms with Gasteiger partial charge in [0.2, 0.25) is 5.95 Å². The quantitative estimate of drug-likeness (QED) is 0.212. The number of nitrogens with zero attached hydrogens (tertiary/aromatic N) is 7. The van der Waals surface area contributed by atoms with E-state index in [1.807, 2.05) is 27.1 Å². The number of thiazole rings is 1. The highest BCUT2D eigenvalue weighted by Crippen LogP contribution is 2.20. The lowest BCUT2D eigenvalue weighted by atomic mass is 10.3. The molecule has 2 aromatic rings. The van der Waals surface area contributed by atoms with Gasteiger partial charge in [-0.1, -0.05) is 0 Å². The fourth-order valence-corrected chi connectivity index (χ4v) is 4.36. The molecule has 0 spiro atoms. The molecule has 1 saturated heterocycles. The average Bonchev–Trinajstić information content (AvgIpc) is 3.28. The second-order valence-electron chi connectivity index (χ2n) is 7.62. The van der Waals surface area contributed by atoms with Crippen LogP contribution in [0.15, 0.2) is 28.8 Å². The van der Waals surface area contributed by atoms with E-state index in [4.69, 9.17) is 4.74 Å². The Morgan fingerprint density at radius 1 is 1.28 bits per heavy atom. The van der Waals surface area contributed by atoms with Gasteiger partial charge in [0.15, 0.2) is 5.96 Å². The van der Waals surface area contributed by atoms with E-state index in [1.54, 1.807) is 30.8 Å². The minimum atomic E-state index is 0. The van der Waals surface area contributed by atoms with Gasteiger partial charge in [-0.15, -0.1) is 35.3 Å². The first-order valence-electron chi connectivity index (χ1n) is 10.7. The van der Waals surface area contributed by atoms with Gasteiger partial charge in [-0.25, -0.2) is 15.0 Å². The normalized spacial score (nSPS) is 15.9. The van der Waals surface area contributed by atoms with Crippen LogP contribution < -0.4 is 10.2 Å². The van der Waals surface area contributed by atoms with Crippen molar-refractivity contribution in [2.45, 2.75) is 26.0 Å². The highest BCUT2D eigenvalue weighted by atomic mass is 127. The van der Waals surface area contributed by atoms with Gasteiger partial charge in [-0.2, -0.15) is 0 Å². The summed E-state index contributed by atoms with van der Waals surface area (Å²) in [5.74, 6) is 1.72. The van der Waals surface area contributed by atoms with Crippen LogP contribution in [0.2, 0.25) is 0 Å². The smallest absolute Gasteiger partial charge is 0.225 e. The van der Waals surface area contributed by atoms with E-state index < -0.39 is 0 Å². The first kappa shape index (κ1) is 26.7. The van der Waals surface area contributed by atoms with Gasteiger partial charge in [0.25, 0.3) is 0 Å². The van der Waals surface area contributed by atoms with Crippen LogP contribution in [0.1, 0.15) is 30.2 Å². The zero-order valence-corrected chi connectivity index (χ0v) is 22.5. The predicted molar refractivity (Wildman–Crippen MR) is 141 cm³/mol. The highest BCUT2D eigenvalue weighted by molar-refractivity contribution is 14.0. The third kappa shape index (κ3) is 7.78. The number of ether oxygens (including phenoxy) is 1. The van der Waals surface area contributed by atoms with Crippen molar-refractivity contribution in [3.05, 3.63) is 34.5 Å². The van der Waals surface area contributed by atoms with E-state index in [-0.39, 0.29) is 30.1 Å². The Morgan fingerprint density at radius 3 is 2.66 bits per heavy atom. The molecule has 0 aromatic carbocycles. The van der Waals surface area contributed by atoms with Crippen molar-refractivity contribution in [2.75, 3.05) is 65.4 Å². The topological polar surface area (TPSA) is 82.0 Å². The van der Waals surface area contributed by atoms with Crippen molar-refractivity contribution < 1.29 is 4.74 Å². The van der Waals surface area contributed by atoms with E-state index in [2.05, 4.69) is 45.3 Å². The number of hydrogen-bond acceptors (Lipinski definition) is 8. The lowest BCUT2D eigenvalue weighted by Gasteiger charge is -2.34. The number of hydrogen-bond donors (Lipinski definition) is 1. The summed E-state index contributed by atoms with van der Waals surface area (Å²) in [5.41, 5.74) is 1.04. The average molecular weight is 575 g/mol. The van der Waals surface area contributed by atoms with Crippen LogP contribution in [0.5, 0.6) is 0 Å². The Kier molecular flexibility index (Phi) is 11.6. The molecule has 0 saturated carbocycles. The summed E-state index contributed by atoms with van der Waals surface area (Å²) in [6, 6.07) is 1.86. The number of halogens is 1. The fourth-order valence-electron chi connectivity index (χ4n) is 3.51. The molecule has 11 heteroatoms. The summed E-state index contributed by atoms with van der Waals surface area (Å²) >= 11 is 1.64. The van der Waals surface area contributed by atoms with Crippen molar-refractivity contribution >= 4 is 47.2 Å². The van der Waals surface area contributed by atoms with Crippen molar-refractivity contribution in [3.63, 3.8) is 0 Å². The number of piperazine rings is 1. The molecule has 0 radical (unpaired) electrons. The third-order valence-electron chi connectivity index (χ3n) is 5.38. The van der Waals surface area contributed by atoms with Gasteiger partial charge in [0.1, 0.15) is 11.1 Å². The Bertz CT molecular complexity index is 813. The van der Waals surface area contributed by atoms with Crippen LogP contribution in [0.3, 0.4) is 0 Å². The van der Waals surface area contributed by atoms with Crippen molar-refractivity contribution in [3.8, 4) is 0 Å². The van der Waals surface area contributed by atoms with Crippen LogP contribution >= 0.6 is 35.3 Å². The second kappa shape index (κ2) is 13.9. The molecule has 178 valence electrons. The van der Waals surface area contributed by atoms with E-state index in [9.17, 15) is 0 Å². The molecule has 3 heterocycles. The van der Waals surface area contributed by atoms with Crippen LogP contribution in [0.4, 0.5) is 5.95 Å². The number of guanidine groups is 1. The number of anilines is 1. The SMILES string of the molecule is CN=C(NCCCN1CCN(c2ncccn2)CC1)N(C)Cc1csc(C(C)OC)n1.I. The van der Waals surface area contributed by atoms with E-state index in [1.165, 1.54) is 0 Å². The van der Waals surface area contributed by atoms with Crippen LogP contribution in [0, 0.1) is 0 Å². The molecule has 9 nitrogen and oxygen atoms in total. The predicted octanol–water partition coefficient (Wildman–Crippen LogP) is 2.48. The van der Waals surface area contributed by atoms with Gasteiger partial charge in [0, 0.05) is 71.7 Å². The molecule has 32 heavy (non-hydrogen) atoms. The van der Waals surface area contributed by atoms with E-state index in [0.29, 0.717) is 0 Å². The number of nitrogens with one attached hydrogen (secondary N) is 1. The Hall–Kier alpha value is -1.57. The maximum Gasteiger partial charge on any atom is 0.225 e. The molecule has 0 amide bonds. The first-order chi connectivity index (χ1) is 15.1. The number of methoxy groups -OCH3 is 1. The zero-order valence-electron chi connectivity index (χ0n) is 19.4. The Morgan fingerprint density at radius 2 is 2.00 bits per heavy atom. The van der Waals surface area contributed by atoms with Crippen molar-refractivity contribution in [1.82, 2.24) is 30.1 Å². The molecule has 2 aromatic heterocycles. The summed E-state index contributed by atoms with van der Waals surface area (Å²) in [4.78, 5) is 24.7. The van der Waals surface area contributed by atoms with Gasteiger partial charge in [-0.05, 0) is 26.0 Å². The minimum absolute atomic E-state index is 0. The largest absolute Gasteiger partial charge is 0.375 e. The highest BCUT2D eigenvalue weighted by Gasteiger charge is 2.18. The molecule has 0 aliphatic carbocycles. The molecule has 1 N–H and O–H groups in total. The molecule has 1 aliphatic heterocycles. The first-order valence-corrected chi connectivity index (χ1v) is 11.6. The molecular formula is C21H35IN8OS. The lowest BCUT2D eigenvalue weighted by molar-refractivity contribution is 0.119.